The van der Waals surface area contributed by atoms with Gasteiger partial charge in [0.2, 0.25) is 0 Å². The number of fused-ring (bicyclic) bond motifs is 4. The molecule has 3 aliphatic carbocycles. The van der Waals surface area contributed by atoms with E-state index in [9.17, 15) is 0 Å². The highest BCUT2D eigenvalue weighted by molar-refractivity contribution is 5.81. The first kappa shape index (κ1) is 17.8. The number of rotatable bonds is 5. The molecule has 26 heavy (non-hydrogen) atoms. The fourth-order valence-corrected chi connectivity index (χ4v) is 5.86. The Labute approximate surface area is 159 Å². The molecule has 0 spiro atoms. The minimum Gasteiger partial charge on any atom is -0.0750 e. The fourth-order valence-electron chi connectivity index (χ4n) is 5.86. The van der Waals surface area contributed by atoms with E-state index in [0.717, 1.165) is 6.42 Å². The second-order valence-corrected chi connectivity index (χ2v) is 10.0. The van der Waals surface area contributed by atoms with Crippen LogP contribution in [0.25, 0.3) is 17.7 Å². The number of benzene rings is 1. The van der Waals surface area contributed by atoms with Crippen molar-refractivity contribution in [3.63, 3.8) is 0 Å². The Morgan fingerprint density at radius 3 is 2.54 bits per heavy atom. The first-order valence-electron chi connectivity index (χ1n) is 10.6. The van der Waals surface area contributed by atoms with Crippen LogP contribution in [0.3, 0.4) is 0 Å². The van der Waals surface area contributed by atoms with Gasteiger partial charge in [0.05, 0.1) is 0 Å². The molecule has 0 heterocycles. The molecule has 0 fully saturated rings. The van der Waals surface area contributed by atoms with Gasteiger partial charge in [-0.2, -0.15) is 0 Å². The Balaban J connectivity index is 1.73. The largest absolute Gasteiger partial charge is 0.0750 e. The van der Waals surface area contributed by atoms with E-state index in [1.54, 1.807) is 16.7 Å². The maximum Gasteiger partial charge on any atom is -0.00134 e. The van der Waals surface area contributed by atoms with Gasteiger partial charge in [-0.3, -0.25) is 0 Å². The van der Waals surface area contributed by atoms with E-state index >= 15 is 0 Å². The molecule has 0 aliphatic heterocycles. The second-order valence-electron chi connectivity index (χ2n) is 10.0. The summed E-state index contributed by atoms with van der Waals surface area (Å²) in [4.78, 5) is 0. The van der Waals surface area contributed by atoms with Crippen LogP contribution in [-0.4, -0.2) is 0 Å². The van der Waals surface area contributed by atoms with Gasteiger partial charge < -0.3 is 0 Å². The molecule has 0 saturated heterocycles. The predicted molar refractivity (Wildman–Crippen MR) is 114 cm³/mol. The number of hydrogen-bond acceptors (Lipinski definition) is 0. The quantitative estimate of drug-likeness (QED) is 0.580. The van der Waals surface area contributed by atoms with Crippen LogP contribution >= 0.6 is 0 Å². The zero-order chi connectivity index (χ0) is 18.5. The molecule has 0 radical (unpaired) electrons. The molecule has 1 aromatic carbocycles. The van der Waals surface area contributed by atoms with Gasteiger partial charge >= 0.3 is 0 Å². The van der Waals surface area contributed by atoms with E-state index in [1.807, 2.05) is 0 Å². The highest BCUT2D eigenvalue weighted by atomic mass is 14.4. The monoisotopic (exact) mass is 346 g/mol. The first-order chi connectivity index (χ1) is 12.3. The third-order valence-corrected chi connectivity index (χ3v) is 6.48. The van der Waals surface area contributed by atoms with Crippen molar-refractivity contribution in [1.29, 1.82) is 0 Å². The normalized spacial score (nSPS) is 21.5. The van der Waals surface area contributed by atoms with Gasteiger partial charge in [0.1, 0.15) is 0 Å². The summed E-state index contributed by atoms with van der Waals surface area (Å²) in [7, 11) is 0. The highest BCUT2D eigenvalue weighted by Gasteiger charge is 2.40. The van der Waals surface area contributed by atoms with Gasteiger partial charge in [-0.25, -0.2) is 0 Å². The molecule has 0 aromatic heterocycles. The topological polar surface area (TPSA) is 0 Å². The molecule has 0 nitrogen and oxygen atoms in total. The van der Waals surface area contributed by atoms with E-state index in [4.69, 9.17) is 0 Å². The van der Waals surface area contributed by atoms with Gasteiger partial charge in [-0.15, -0.1) is 0 Å². The lowest BCUT2D eigenvalue weighted by molar-refractivity contribution is 0.292. The molecule has 0 amide bonds. The SMILES string of the molecule is CCCCCCC1=Cc2c3c(ccc2=C1)=C1C(=CC(C)(C)CC1(C)C)C3. The molecule has 3 aliphatic rings. The van der Waals surface area contributed by atoms with Crippen molar-refractivity contribution >= 4 is 17.7 Å². The lowest BCUT2D eigenvalue weighted by atomic mass is 9.64. The average molecular weight is 347 g/mol. The highest BCUT2D eigenvalue weighted by Crippen LogP contribution is 2.50. The summed E-state index contributed by atoms with van der Waals surface area (Å²) in [6, 6.07) is 4.78. The van der Waals surface area contributed by atoms with Gasteiger partial charge in [-0.1, -0.05) is 84.2 Å². The van der Waals surface area contributed by atoms with E-state index in [2.05, 4.69) is 65.0 Å². The minimum absolute atomic E-state index is 0.266. The summed E-state index contributed by atoms with van der Waals surface area (Å²) in [5, 5.41) is 2.98. The summed E-state index contributed by atoms with van der Waals surface area (Å²) in [5.41, 5.74) is 8.44. The third-order valence-electron chi connectivity index (χ3n) is 6.48. The van der Waals surface area contributed by atoms with E-state index in [-0.39, 0.29) is 5.41 Å². The predicted octanol–water partition coefficient (Wildman–Crippen LogP) is 5.92. The maximum atomic E-state index is 2.56. The van der Waals surface area contributed by atoms with Crippen LogP contribution < -0.4 is 10.4 Å². The van der Waals surface area contributed by atoms with Crippen LogP contribution in [0.2, 0.25) is 0 Å². The zero-order valence-corrected chi connectivity index (χ0v) is 17.3. The maximum absolute atomic E-state index is 2.56. The minimum atomic E-state index is 0.266. The van der Waals surface area contributed by atoms with Crippen molar-refractivity contribution in [1.82, 2.24) is 0 Å². The summed E-state index contributed by atoms with van der Waals surface area (Å²) in [5.74, 6) is 0. The fraction of sp³-hybridized carbons (Fsp3) is 0.538. The summed E-state index contributed by atoms with van der Waals surface area (Å²) in [6.45, 7) is 12.0. The molecular formula is C26H34. The van der Waals surface area contributed by atoms with E-state index in [0.29, 0.717) is 5.41 Å². The molecule has 0 heteroatoms. The lowest BCUT2D eigenvalue weighted by Crippen LogP contribution is -2.30. The standard InChI is InChI=1S/C26H34/c1-6-7-8-9-10-18-13-19-11-12-21-23(22(19)14-18)15-20-16-25(2,3)17-26(4,5)24(20)21/h11-14,16H,6-10,15,17H2,1-5H3. The molecule has 0 bridgehead atoms. The Hall–Kier alpha value is -1.56. The lowest BCUT2D eigenvalue weighted by Gasteiger charge is -2.40. The summed E-state index contributed by atoms with van der Waals surface area (Å²) >= 11 is 0. The van der Waals surface area contributed by atoms with Crippen LogP contribution in [-0.2, 0) is 6.42 Å². The molecule has 0 saturated carbocycles. The van der Waals surface area contributed by atoms with Crippen molar-refractivity contribution in [2.24, 2.45) is 10.8 Å². The Morgan fingerprint density at radius 2 is 1.77 bits per heavy atom. The number of allylic oxidation sites excluding steroid dienone is 3. The molecule has 0 unspecified atom stereocenters. The Kier molecular flexibility index (Phi) is 4.29. The Bertz CT molecular complexity index is 916. The average Bonchev–Trinajstić information content (AvgIpc) is 3.09. The molecule has 0 atom stereocenters. The number of unbranched alkanes of at least 4 members (excludes halogenated alkanes) is 3. The van der Waals surface area contributed by atoms with Crippen LogP contribution in [0.4, 0.5) is 0 Å². The van der Waals surface area contributed by atoms with Crippen LogP contribution in [0.15, 0.2) is 29.4 Å². The zero-order valence-electron chi connectivity index (χ0n) is 17.3. The molecule has 4 rings (SSSR count). The smallest absolute Gasteiger partial charge is 0.00134 e. The Morgan fingerprint density at radius 1 is 0.962 bits per heavy atom. The third kappa shape index (κ3) is 3.02. The van der Waals surface area contributed by atoms with Gasteiger partial charge in [0.25, 0.3) is 0 Å². The van der Waals surface area contributed by atoms with Gasteiger partial charge in [0.15, 0.2) is 0 Å². The molecule has 0 N–H and O–H groups in total. The number of hydrogen-bond donors (Lipinski definition) is 0. The summed E-state index contributed by atoms with van der Waals surface area (Å²) in [6.07, 6.45) is 16.5. The van der Waals surface area contributed by atoms with Crippen molar-refractivity contribution in [2.75, 3.05) is 0 Å². The van der Waals surface area contributed by atoms with Gasteiger partial charge in [0, 0.05) is 0 Å². The van der Waals surface area contributed by atoms with Crippen molar-refractivity contribution < 1.29 is 0 Å². The van der Waals surface area contributed by atoms with E-state index in [1.165, 1.54) is 60.1 Å². The summed E-state index contributed by atoms with van der Waals surface area (Å²) < 4.78 is 0. The van der Waals surface area contributed by atoms with Gasteiger partial charge in [-0.05, 0) is 74.8 Å². The first-order valence-corrected chi connectivity index (χ1v) is 10.6. The van der Waals surface area contributed by atoms with Crippen LogP contribution in [0, 0.1) is 10.8 Å². The van der Waals surface area contributed by atoms with Crippen LogP contribution in [0.1, 0.15) is 84.3 Å². The van der Waals surface area contributed by atoms with Crippen molar-refractivity contribution in [3.8, 4) is 0 Å². The second kappa shape index (κ2) is 6.25. The molecular weight excluding hydrogens is 312 g/mol. The van der Waals surface area contributed by atoms with E-state index < -0.39 is 0 Å². The van der Waals surface area contributed by atoms with Crippen molar-refractivity contribution in [3.05, 3.63) is 50.9 Å². The molecule has 1 aromatic rings. The van der Waals surface area contributed by atoms with Crippen molar-refractivity contribution in [2.45, 2.75) is 79.6 Å². The molecule has 138 valence electrons. The van der Waals surface area contributed by atoms with Crippen LogP contribution in [0.5, 0.6) is 0 Å².